The van der Waals surface area contributed by atoms with Gasteiger partial charge in [0, 0.05) is 24.4 Å². The molecular formula is C11H11N2O+. The summed E-state index contributed by atoms with van der Waals surface area (Å²) < 4.78 is 1.72. The largest absolute Gasteiger partial charge is 0.271 e. The topological polar surface area (TPSA) is 33.0 Å². The van der Waals surface area contributed by atoms with Crippen LogP contribution in [0.15, 0.2) is 42.6 Å². The van der Waals surface area contributed by atoms with Gasteiger partial charge in [0.1, 0.15) is 0 Å². The molecule has 0 fully saturated rings. The van der Waals surface area contributed by atoms with Crippen molar-refractivity contribution in [1.82, 2.24) is 0 Å². The average molecular weight is 187 g/mol. The molecule has 1 amide bonds. The summed E-state index contributed by atoms with van der Waals surface area (Å²) in [6.45, 7) is 1.49. The highest BCUT2D eigenvalue weighted by Gasteiger charge is 2.07. The Kier molecular flexibility index (Phi) is 2.14. The van der Waals surface area contributed by atoms with Gasteiger partial charge in [0.15, 0.2) is 0 Å². The van der Waals surface area contributed by atoms with Gasteiger partial charge in [-0.05, 0) is 12.1 Å². The van der Waals surface area contributed by atoms with E-state index >= 15 is 0 Å². The Labute approximate surface area is 82.0 Å². The van der Waals surface area contributed by atoms with Crippen LogP contribution in [0.2, 0.25) is 0 Å². The van der Waals surface area contributed by atoms with Gasteiger partial charge < -0.3 is 0 Å². The Bertz CT molecular complexity index is 474. The summed E-state index contributed by atoms with van der Waals surface area (Å²) in [7, 11) is 0. The number of hydrogen-bond acceptors (Lipinski definition) is 1. The van der Waals surface area contributed by atoms with Gasteiger partial charge in [-0.25, -0.2) is 0 Å². The van der Waals surface area contributed by atoms with Gasteiger partial charge in [0.25, 0.3) is 5.91 Å². The van der Waals surface area contributed by atoms with Crippen LogP contribution >= 0.6 is 0 Å². The van der Waals surface area contributed by atoms with Crippen LogP contribution in [-0.2, 0) is 4.79 Å². The van der Waals surface area contributed by atoms with Crippen molar-refractivity contribution < 1.29 is 9.47 Å². The molecule has 0 saturated heterocycles. The number of nitrogens with zero attached hydrogens (tertiary/aromatic N) is 1. The molecule has 0 aliphatic rings. The minimum Gasteiger partial charge on any atom is -0.270 e. The summed E-state index contributed by atoms with van der Waals surface area (Å²) in [5.74, 6) is -0.0775. The van der Waals surface area contributed by atoms with Crippen molar-refractivity contribution in [3.05, 3.63) is 42.6 Å². The number of fused-ring (bicyclic) bond motifs is 1. The Morgan fingerprint density at radius 1 is 1.21 bits per heavy atom. The molecule has 2 aromatic rings. The van der Waals surface area contributed by atoms with Crippen LogP contribution in [0.1, 0.15) is 6.92 Å². The highest BCUT2D eigenvalue weighted by molar-refractivity contribution is 5.80. The average Bonchev–Trinajstić information content (AvgIpc) is 2.18. The first-order valence-corrected chi connectivity index (χ1v) is 4.44. The standard InChI is InChI=1S/C11H10N2O/c1-9(14)12-13-8-4-6-10-5-2-3-7-11(10)13/h2-8H,1H3/p+1. The third-order valence-electron chi connectivity index (χ3n) is 1.99. The third kappa shape index (κ3) is 1.57. The van der Waals surface area contributed by atoms with Crippen LogP contribution < -0.4 is 10.1 Å². The second kappa shape index (κ2) is 3.46. The second-order valence-corrected chi connectivity index (χ2v) is 3.10. The Morgan fingerprint density at radius 2 is 1.93 bits per heavy atom. The predicted octanol–water partition coefficient (Wildman–Crippen LogP) is 1.22. The Morgan fingerprint density at radius 3 is 2.71 bits per heavy atom. The molecule has 14 heavy (non-hydrogen) atoms. The zero-order valence-electron chi connectivity index (χ0n) is 7.90. The zero-order valence-corrected chi connectivity index (χ0v) is 7.90. The maximum Gasteiger partial charge on any atom is 0.271 e. The summed E-state index contributed by atoms with van der Waals surface area (Å²) in [5, 5.41) is 1.10. The van der Waals surface area contributed by atoms with Gasteiger partial charge in [0.2, 0.25) is 11.7 Å². The second-order valence-electron chi connectivity index (χ2n) is 3.10. The zero-order chi connectivity index (χ0) is 9.97. The fourth-order valence-electron chi connectivity index (χ4n) is 1.43. The fourth-order valence-corrected chi connectivity index (χ4v) is 1.43. The number of pyridine rings is 1. The molecule has 1 N–H and O–H groups in total. The number of nitrogens with one attached hydrogen (secondary N) is 1. The van der Waals surface area contributed by atoms with Crippen molar-refractivity contribution in [2.24, 2.45) is 0 Å². The van der Waals surface area contributed by atoms with Gasteiger partial charge in [-0.2, -0.15) is 0 Å². The molecule has 0 aliphatic carbocycles. The van der Waals surface area contributed by atoms with E-state index in [2.05, 4.69) is 5.43 Å². The fraction of sp³-hybridized carbons (Fsp3) is 0.0909. The maximum atomic E-state index is 10.9. The SMILES string of the molecule is CC(=O)N[n+]1cccc2ccccc21. The smallest absolute Gasteiger partial charge is 0.270 e. The van der Waals surface area contributed by atoms with E-state index in [9.17, 15) is 4.79 Å². The van der Waals surface area contributed by atoms with Crippen LogP contribution in [0.5, 0.6) is 0 Å². The summed E-state index contributed by atoms with van der Waals surface area (Å²) >= 11 is 0. The lowest BCUT2D eigenvalue weighted by atomic mass is 10.2. The van der Waals surface area contributed by atoms with Crippen molar-refractivity contribution in [3.63, 3.8) is 0 Å². The van der Waals surface area contributed by atoms with Crippen LogP contribution in [-0.4, -0.2) is 5.91 Å². The molecule has 2 rings (SSSR count). The lowest BCUT2D eigenvalue weighted by Gasteiger charge is -1.98. The first-order chi connectivity index (χ1) is 6.77. The van der Waals surface area contributed by atoms with E-state index < -0.39 is 0 Å². The molecule has 1 aromatic heterocycles. The molecule has 3 nitrogen and oxygen atoms in total. The van der Waals surface area contributed by atoms with E-state index in [4.69, 9.17) is 0 Å². The number of carbonyl (C=O) groups excluding carboxylic acids is 1. The van der Waals surface area contributed by atoms with Crippen LogP contribution in [0, 0.1) is 0 Å². The normalized spacial score (nSPS) is 10.1. The Hall–Kier alpha value is -1.90. The number of rotatable bonds is 1. The monoisotopic (exact) mass is 187 g/mol. The van der Waals surface area contributed by atoms with Crippen molar-refractivity contribution in [2.75, 3.05) is 5.43 Å². The van der Waals surface area contributed by atoms with Gasteiger partial charge in [0.05, 0.1) is 0 Å². The quantitative estimate of drug-likeness (QED) is 0.669. The van der Waals surface area contributed by atoms with E-state index in [0.717, 1.165) is 10.9 Å². The van der Waals surface area contributed by atoms with E-state index in [-0.39, 0.29) is 5.91 Å². The highest BCUT2D eigenvalue weighted by atomic mass is 16.2. The highest BCUT2D eigenvalue weighted by Crippen LogP contribution is 2.06. The van der Waals surface area contributed by atoms with Crippen LogP contribution in [0.25, 0.3) is 10.9 Å². The molecule has 3 heteroatoms. The third-order valence-corrected chi connectivity index (χ3v) is 1.99. The van der Waals surface area contributed by atoms with Gasteiger partial charge in [-0.15, -0.1) is 5.43 Å². The first-order valence-electron chi connectivity index (χ1n) is 4.44. The van der Waals surface area contributed by atoms with E-state index in [1.54, 1.807) is 4.68 Å². The molecule has 0 unspecified atom stereocenters. The molecule has 0 aliphatic heterocycles. The van der Waals surface area contributed by atoms with E-state index in [1.807, 2.05) is 42.6 Å². The summed E-state index contributed by atoms with van der Waals surface area (Å²) in [6.07, 6.45) is 1.82. The van der Waals surface area contributed by atoms with Crippen molar-refractivity contribution in [3.8, 4) is 0 Å². The Balaban J connectivity index is 2.59. The summed E-state index contributed by atoms with van der Waals surface area (Å²) in [4.78, 5) is 10.9. The molecule has 0 bridgehead atoms. The molecule has 0 saturated carbocycles. The van der Waals surface area contributed by atoms with E-state index in [1.165, 1.54) is 6.92 Å². The number of carbonyl (C=O) groups is 1. The predicted molar refractivity (Wildman–Crippen MR) is 54.2 cm³/mol. The molecule has 1 aromatic carbocycles. The molecule has 0 radical (unpaired) electrons. The molecule has 0 spiro atoms. The number of hydrogen-bond donors (Lipinski definition) is 1. The van der Waals surface area contributed by atoms with E-state index in [0.29, 0.717) is 0 Å². The van der Waals surface area contributed by atoms with Crippen molar-refractivity contribution >= 4 is 16.8 Å². The summed E-state index contributed by atoms with van der Waals surface area (Å²) in [6, 6.07) is 11.8. The maximum absolute atomic E-state index is 10.9. The molecular weight excluding hydrogens is 176 g/mol. The van der Waals surface area contributed by atoms with Crippen molar-refractivity contribution in [2.45, 2.75) is 6.92 Å². The first kappa shape index (κ1) is 8.69. The molecule has 70 valence electrons. The minimum absolute atomic E-state index is 0.0775. The van der Waals surface area contributed by atoms with Gasteiger partial charge in [-0.1, -0.05) is 16.8 Å². The van der Waals surface area contributed by atoms with Crippen LogP contribution in [0.3, 0.4) is 0 Å². The number of benzene rings is 1. The van der Waals surface area contributed by atoms with Crippen LogP contribution in [0.4, 0.5) is 0 Å². The lowest BCUT2D eigenvalue weighted by molar-refractivity contribution is -0.615. The molecule has 0 atom stereocenters. The van der Waals surface area contributed by atoms with Gasteiger partial charge >= 0.3 is 0 Å². The minimum atomic E-state index is -0.0775. The van der Waals surface area contributed by atoms with Gasteiger partial charge in [-0.3, -0.25) is 4.79 Å². The number of amides is 1. The number of para-hydroxylation sites is 1. The number of aromatic nitrogens is 1. The lowest BCUT2D eigenvalue weighted by Crippen LogP contribution is -2.47. The molecule has 1 heterocycles. The summed E-state index contributed by atoms with van der Waals surface area (Å²) in [5.41, 5.74) is 3.72. The van der Waals surface area contributed by atoms with Crippen molar-refractivity contribution in [1.29, 1.82) is 0 Å².